The normalized spacial score (nSPS) is 13.1. The molecule has 2 unspecified atom stereocenters. The first-order chi connectivity index (χ1) is 12.7. The fourth-order valence-corrected chi connectivity index (χ4v) is 3.37. The molecule has 26 heavy (non-hydrogen) atoms. The summed E-state index contributed by atoms with van der Waals surface area (Å²) >= 11 is 1.09. The Morgan fingerprint density at radius 2 is 1.38 bits per heavy atom. The minimum absolute atomic E-state index is 0.219. The summed E-state index contributed by atoms with van der Waals surface area (Å²) in [6.45, 7) is 0.260. The third-order valence-corrected chi connectivity index (χ3v) is 4.84. The van der Waals surface area contributed by atoms with Gasteiger partial charge in [0.15, 0.2) is 6.10 Å². The van der Waals surface area contributed by atoms with Crippen molar-refractivity contribution in [2.75, 3.05) is 0 Å². The maximum atomic E-state index is 12.8. The van der Waals surface area contributed by atoms with E-state index in [4.69, 9.17) is 4.74 Å². The summed E-state index contributed by atoms with van der Waals surface area (Å²) in [5.74, 6) is 0. The van der Waals surface area contributed by atoms with E-state index in [1.54, 1.807) is 12.1 Å². The minimum Gasteiger partial charge on any atom is -0.385 e. The topological polar surface area (TPSA) is 46.5 Å². The third kappa shape index (κ3) is 5.05. The lowest BCUT2D eigenvalue weighted by Gasteiger charge is -2.22. The zero-order valence-electron chi connectivity index (χ0n) is 14.2. The molecule has 0 heterocycles. The van der Waals surface area contributed by atoms with E-state index in [2.05, 4.69) is 0 Å². The predicted octanol–water partition coefficient (Wildman–Crippen LogP) is 4.62. The van der Waals surface area contributed by atoms with Crippen molar-refractivity contribution in [1.29, 1.82) is 0 Å². The number of ether oxygens (including phenoxy) is 1. The molecule has 0 bridgehead atoms. The molecule has 0 aliphatic rings. The van der Waals surface area contributed by atoms with Crippen LogP contribution in [0.1, 0.15) is 17.2 Å². The zero-order valence-corrected chi connectivity index (χ0v) is 15.0. The molecular weight excluding hydrogens is 344 g/mol. The summed E-state index contributed by atoms with van der Waals surface area (Å²) < 4.78 is 5.86. The van der Waals surface area contributed by atoms with Crippen LogP contribution in [0.2, 0.25) is 0 Å². The lowest BCUT2D eigenvalue weighted by atomic mass is 10.1. The van der Waals surface area contributed by atoms with Gasteiger partial charge in [0, 0.05) is 4.90 Å². The van der Waals surface area contributed by atoms with Crippen molar-refractivity contribution < 1.29 is 14.6 Å². The van der Waals surface area contributed by atoms with Crippen molar-refractivity contribution in [3.63, 3.8) is 0 Å². The molecule has 0 fully saturated rings. The molecule has 0 saturated carbocycles. The van der Waals surface area contributed by atoms with Crippen molar-refractivity contribution in [1.82, 2.24) is 0 Å². The SMILES string of the molecule is O=C(Sc1ccccc1)C(OCc1ccccc1)C(O)c1ccccc1. The van der Waals surface area contributed by atoms with Gasteiger partial charge in [0.1, 0.15) is 6.10 Å². The number of aliphatic hydroxyl groups excluding tert-OH is 1. The Morgan fingerprint density at radius 1 is 0.846 bits per heavy atom. The molecule has 0 spiro atoms. The second kappa shape index (κ2) is 9.34. The predicted molar refractivity (Wildman–Crippen MR) is 104 cm³/mol. The number of carbonyl (C=O) groups excluding carboxylic acids is 1. The number of hydrogen-bond acceptors (Lipinski definition) is 4. The summed E-state index contributed by atoms with van der Waals surface area (Å²) in [7, 11) is 0. The van der Waals surface area contributed by atoms with Gasteiger partial charge in [-0.15, -0.1) is 0 Å². The van der Waals surface area contributed by atoms with E-state index in [-0.39, 0.29) is 11.7 Å². The molecule has 3 rings (SSSR count). The van der Waals surface area contributed by atoms with Crippen molar-refractivity contribution >= 4 is 16.9 Å². The summed E-state index contributed by atoms with van der Waals surface area (Å²) in [4.78, 5) is 13.7. The largest absolute Gasteiger partial charge is 0.385 e. The summed E-state index contributed by atoms with van der Waals surface area (Å²) in [6.07, 6.45) is -1.98. The lowest BCUT2D eigenvalue weighted by Crippen LogP contribution is -2.29. The molecule has 1 N–H and O–H groups in total. The summed E-state index contributed by atoms with van der Waals surface area (Å²) in [5.41, 5.74) is 1.61. The average Bonchev–Trinajstić information content (AvgIpc) is 2.70. The fourth-order valence-electron chi connectivity index (χ4n) is 2.54. The van der Waals surface area contributed by atoms with Crippen molar-refractivity contribution in [2.24, 2.45) is 0 Å². The van der Waals surface area contributed by atoms with Gasteiger partial charge in [-0.25, -0.2) is 0 Å². The van der Waals surface area contributed by atoms with E-state index >= 15 is 0 Å². The molecule has 132 valence electrons. The molecule has 0 amide bonds. The molecule has 4 heteroatoms. The number of aliphatic hydroxyl groups is 1. The zero-order chi connectivity index (χ0) is 18.2. The first kappa shape index (κ1) is 18.4. The molecule has 3 aromatic rings. The van der Waals surface area contributed by atoms with Gasteiger partial charge in [-0.1, -0.05) is 78.9 Å². The molecule has 3 nitrogen and oxygen atoms in total. The quantitative estimate of drug-likeness (QED) is 0.621. The van der Waals surface area contributed by atoms with Crippen LogP contribution in [-0.2, 0) is 16.1 Å². The number of hydrogen-bond donors (Lipinski definition) is 1. The van der Waals surface area contributed by atoms with Gasteiger partial charge in [0.25, 0.3) is 0 Å². The maximum absolute atomic E-state index is 12.8. The molecular formula is C22H20O3S. The van der Waals surface area contributed by atoms with Crippen LogP contribution in [0.4, 0.5) is 0 Å². The summed E-state index contributed by atoms with van der Waals surface area (Å²) in [5, 5.41) is 10.5. The Balaban J connectivity index is 1.77. The molecule has 0 aliphatic carbocycles. The number of rotatable bonds is 7. The minimum atomic E-state index is -1.02. The van der Waals surface area contributed by atoms with Crippen LogP contribution < -0.4 is 0 Å². The Labute approximate surface area is 157 Å². The van der Waals surface area contributed by atoms with E-state index in [1.807, 2.05) is 78.9 Å². The van der Waals surface area contributed by atoms with E-state index in [1.165, 1.54) is 0 Å². The first-order valence-corrected chi connectivity index (χ1v) is 9.21. The molecule has 0 saturated heterocycles. The lowest BCUT2D eigenvalue weighted by molar-refractivity contribution is -0.131. The van der Waals surface area contributed by atoms with Gasteiger partial charge in [-0.05, 0) is 35.0 Å². The van der Waals surface area contributed by atoms with Gasteiger partial charge in [0.2, 0.25) is 5.12 Å². The highest BCUT2D eigenvalue weighted by Gasteiger charge is 2.29. The second-order valence-electron chi connectivity index (χ2n) is 5.81. The standard InChI is InChI=1S/C22H20O3S/c23-20(18-12-6-2-7-13-18)21(25-16-17-10-4-1-5-11-17)22(24)26-19-14-8-3-9-15-19/h1-15,20-21,23H,16H2. The van der Waals surface area contributed by atoms with E-state index in [0.717, 1.165) is 22.2 Å². The Kier molecular flexibility index (Phi) is 6.61. The Morgan fingerprint density at radius 3 is 2.00 bits per heavy atom. The van der Waals surface area contributed by atoms with E-state index in [9.17, 15) is 9.90 Å². The van der Waals surface area contributed by atoms with Gasteiger partial charge in [0.05, 0.1) is 6.61 Å². The fraction of sp³-hybridized carbons (Fsp3) is 0.136. The van der Waals surface area contributed by atoms with Gasteiger partial charge in [-0.2, -0.15) is 0 Å². The maximum Gasteiger partial charge on any atom is 0.225 e. The number of carbonyl (C=O) groups is 1. The van der Waals surface area contributed by atoms with Crippen molar-refractivity contribution in [3.05, 3.63) is 102 Å². The van der Waals surface area contributed by atoms with Crippen LogP contribution in [0.5, 0.6) is 0 Å². The van der Waals surface area contributed by atoms with Gasteiger partial charge >= 0.3 is 0 Å². The van der Waals surface area contributed by atoms with Crippen LogP contribution in [0.25, 0.3) is 0 Å². The number of thioether (sulfide) groups is 1. The molecule has 0 aliphatic heterocycles. The van der Waals surface area contributed by atoms with Crippen LogP contribution in [0.15, 0.2) is 95.9 Å². The smallest absolute Gasteiger partial charge is 0.225 e. The van der Waals surface area contributed by atoms with Gasteiger partial charge in [-0.3, -0.25) is 4.79 Å². The molecule has 3 aromatic carbocycles. The summed E-state index contributed by atoms with van der Waals surface area (Å²) in [6, 6.07) is 28.1. The monoisotopic (exact) mass is 364 g/mol. The highest BCUT2D eigenvalue weighted by molar-refractivity contribution is 8.13. The van der Waals surface area contributed by atoms with Crippen molar-refractivity contribution in [3.8, 4) is 0 Å². The van der Waals surface area contributed by atoms with E-state index in [0.29, 0.717) is 5.56 Å². The second-order valence-corrected chi connectivity index (χ2v) is 6.88. The molecule has 0 aromatic heterocycles. The first-order valence-electron chi connectivity index (χ1n) is 8.39. The van der Waals surface area contributed by atoms with Crippen molar-refractivity contribution in [2.45, 2.75) is 23.7 Å². The van der Waals surface area contributed by atoms with Crippen LogP contribution >= 0.6 is 11.8 Å². The van der Waals surface area contributed by atoms with Gasteiger partial charge < -0.3 is 9.84 Å². The van der Waals surface area contributed by atoms with Crippen LogP contribution in [-0.4, -0.2) is 16.3 Å². The van der Waals surface area contributed by atoms with Crippen LogP contribution in [0.3, 0.4) is 0 Å². The Hall–Kier alpha value is -2.40. The highest BCUT2D eigenvalue weighted by Crippen LogP contribution is 2.28. The van der Waals surface area contributed by atoms with Crippen LogP contribution in [0, 0.1) is 0 Å². The van der Waals surface area contributed by atoms with E-state index < -0.39 is 12.2 Å². The average molecular weight is 364 g/mol. The number of benzene rings is 3. The highest BCUT2D eigenvalue weighted by atomic mass is 32.2. The Bertz CT molecular complexity index is 807. The molecule has 2 atom stereocenters. The third-order valence-electron chi connectivity index (χ3n) is 3.89. The molecule has 0 radical (unpaired) electrons.